The molecule has 0 atom stereocenters. The summed E-state index contributed by atoms with van der Waals surface area (Å²) in [4.78, 5) is 6.35. The van der Waals surface area contributed by atoms with Crippen molar-refractivity contribution < 1.29 is 8.42 Å². The van der Waals surface area contributed by atoms with Crippen LogP contribution in [0.4, 0.5) is 5.82 Å². The molecule has 0 aromatic carbocycles. The Kier molecular flexibility index (Phi) is 6.90. The molecule has 0 saturated heterocycles. The van der Waals surface area contributed by atoms with Gasteiger partial charge in [-0.15, -0.1) is 0 Å². The number of nitrogens with one attached hydrogen (secondary N) is 2. The summed E-state index contributed by atoms with van der Waals surface area (Å²) in [5, 5.41) is 2.96. The van der Waals surface area contributed by atoms with E-state index >= 15 is 0 Å². The zero-order chi connectivity index (χ0) is 15.0. The molecule has 1 rings (SSSR count). The fourth-order valence-corrected chi connectivity index (χ4v) is 2.95. The molecule has 0 radical (unpaired) electrons. The molecule has 20 heavy (non-hydrogen) atoms. The zero-order valence-corrected chi connectivity index (χ0v) is 13.2. The minimum atomic E-state index is -3.50. The Morgan fingerprint density at radius 1 is 1.30 bits per heavy atom. The van der Waals surface area contributed by atoms with Crippen LogP contribution in [0.2, 0.25) is 0 Å². The second kappa shape index (κ2) is 8.18. The average Bonchev–Trinajstić information content (AvgIpc) is 2.38. The summed E-state index contributed by atoms with van der Waals surface area (Å²) in [5.74, 6) is 0.399. The summed E-state index contributed by atoms with van der Waals surface area (Å²) in [7, 11) is 0.503. The van der Waals surface area contributed by atoms with Crippen molar-refractivity contribution in [2.75, 3.05) is 39.0 Å². The van der Waals surface area contributed by atoms with E-state index < -0.39 is 10.0 Å². The van der Waals surface area contributed by atoms with Gasteiger partial charge < -0.3 is 10.2 Å². The topological polar surface area (TPSA) is 74.3 Å². The predicted molar refractivity (Wildman–Crippen MR) is 81.4 cm³/mol. The van der Waals surface area contributed by atoms with Crippen molar-refractivity contribution in [2.45, 2.75) is 24.7 Å². The maximum Gasteiger partial charge on any atom is 0.244 e. The Balaban J connectivity index is 2.60. The van der Waals surface area contributed by atoms with Gasteiger partial charge in [0.25, 0.3) is 0 Å². The predicted octanol–water partition coefficient (Wildman–Crippen LogP) is 1.13. The van der Waals surface area contributed by atoms with Crippen molar-refractivity contribution in [3.05, 3.63) is 18.3 Å². The van der Waals surface area contributed by atoms with Gasteiger partial charge in [0.1, 0.15) is 10.7 Å². The summed E-state index contributed by atoms with van der Waals surface area (Å²) in [5.41, 5.74) is 0. The highest BCUT2D eigenvalue weighted by molar-refractivity contribution is 7.89. The van der Waals surface area contributed by atoms with Crippen LogP contribution in [0.3, 0.4) is 0 Å². The van der Waals surface area contributed by atoms with Crippen molar-refractivity contribution in [1.82, 2.24) is 14.6 Å². The minimum absolute atomic E-state index is 0.203. The van der Waals surface area contributed by atoms with Gasteiger partial charge >= 0.3 is 0 Å². The Morgan fingerprint density at radius 3 is 2.70 bits per heavy atom. The van der Waals surface area contributed by atoms with Gasteiger partial charge in [-0.2, -0.15) is 0 Å². The van der Waals surface area contributed by atoms with Gasteiger partial charge in [0.05, 0.1) is 0 Å². The molecule has 0 bridgehead atoms. The van der Waals surface area contributed by atoms with Crippen molar-refractivity contribution in [3.8, 4) is 0 Å². The van der Waals surface area contributed by atoms with E-state index in [1.807, 2.05) is 21.0 Å². The van der Waals surface area contributed by atoms with Gasteiger partial charge in [-0.3, -0.25) is 0 Å². The average molecular weight is 300 g/mol. The molecule has 1 heterocycles. The molecule has 1 aromatic heterocycles. The van der Waals surface area contributed by atoms with E-state index in [0.29, 0.717) is 18.9 Å². The summed E-state index contributed by atoms with van der Waals surface area (Å²) < 4.78 is 27.1. The fourth-order valence-electron chi connectivity index (χ4n) is 1.74. The lowest BCUT2D eigenvalue weighted by molar-refractivity contribution is 0.394. The summed E-state index contributed by atoms with van der Waals surface area (Å²) >= 11 is 0. The Morgan fingerprint density at radius 2 is 2.05 bits per heavy atom. The summed E-state index contributed by atoms with van der Waals surface area (Å²) in [6, 6.07) is 3.19. The Bertz CT molecular complexity index is 503. The number of sulfonamides is 1. The standard InChI is InChI=1S/C13H24N4O2S/c1-4-14-13-12(8-7-9-15-13)20(18,19)16-10-5-6-11-17(2)3/h7-9,16H,4-6,10-11H2,1-3H3,(H,14,15). The molecule has 0 amide bonds. The van der Waals surface area contributed by atoms with E-state index in [0.717, 1.165) is 19.4 Å². The first-order valence-corrected chi connectivity index (χ1v) is 8.29. The molecule has 0 saturated carbocycles. The number of nitrogens with zero attached hydrogens (tertiary/aromatic N) is 2. The van der Waals surface area contributed by atoms with Gasteiger partial charge in [-0.1, -0.05) is 0 Å². The zero-order valence-electron chi connectivity index (χ0n) is 12.4. The molecule has 114 valence electrons. The van der Waals surface area contributed by atoms with E-state index in [1.165, 1.54) is 0 Å². The highest BCUT2D eigenvalue weighted by Crippen LogP contribution is 2.17. The number of unbranched alkanes of at least 4 members (excludes halogenated alkanes) is 1. The number of hydrogen-bond donors (Lipinski definition) is 2. The van der Waals surface area contributed by atoms with Crippen molar-refractivity contribution in [1.29, 1.82) is 0 Å². The molecule has 2 N–H and O–H groups in total. The number of pyridine rings is 1. The highest BCUT2D eigenvalue weighted by atomic mass is 32.2. The van der Waals surface area contributed by atoms with Crippen molar-refractivity contribution >= 4 is 15.8 Å². The second-order valence-electron chi connectivity index (χ2n) is 4.79. The first-order chi connectivity index (χ1) is 9.47. The van der Waals surface area contributed by atoms with Gasteiger partial charge in [0.15, 0.2) is 0 Å². The van der Waals surface area contributed by atoms with Crippen LogP contribution < -0.4 is 10.0 Å². The van der Waals surface area contributed by atoms with Crippen LogP contribution in [0.15, 0.2) is 23.2 Å². The summed E-state index contributed by atoms with van der Waals surface area (Å²) in [6.45, 7) is 3.93. The SMILES string of the molecule is CCNc1ncccc1S(=O)(=O)NCCCCN(C)C. The third-order valence-electron chi connectivity index (χ3n) is 2.73. The number of hydrogen-bond acceptors (Lipinski definition) is 5. The van der Waals surface area contributed by atoms with Crippen LogP contribution >= 0.6 is 0 Å². The molecular formula is C13H24N4O2S. The molecule has 0 aliphatic carbocycles. The largest absolute Gasteiger partial charge is 0.369 e. The molecule has 6 nitrogen and oxygen atoms in total. The van der Waals surface area contributed by atoms with Crippen LogP contribution in [0.1, 0.15) is 19.8 Å². The van der Waals surface area contributed by atoms with Crippen LogP contribution in [0.5, 0.6) is 0 Å². The third-order valence-corrected chi connectivity index (χ3v) is 4.22. The molecule has 0 aliphatic rings. The van der Waals surface area contributed by atoms with Gasteiger partial charge in [-0.25, -0.2) is 18.1 Å². The number of anilines is 1. The van der Waals surface area contributed by atoms with Crippen LogP contribution in [0, 0.1) is 0 Å². The first kappa shape index (κ1) is 16.9. The number of rotatable bonds is 9. The molecule has 7 heteroatoms. The maximum atomic E-state index is 12.2. The van der Waals surface area contributed by atoms with E-state index in [-0.39, 0.29) is 4.90 Å². The minimum Gasteiger partial charge on any atom is -0.369 e. The fraction of sp³-hybridized carbons (Fsp3) is 0.615. The summed E-state index contributed by atoms with van der Waals surface area (Å²) in [6.07, 6.45) is 3.35. The molecule has 0 spiro atoms. The van der Waals surface area contributed by atoms with E-state index in [1.54, 1.807) is 18.3 Å². The monoisotopic (exact) mass is 300 g/mol. The van der Waals surface area contributed by atoms with Crippen molar-refractivity contribution in [2.24, 2.45) is 0 Å². The molecule has 1 aromatic rings. The van der Waals surface area contributed by atoms with Crippen LogP contribution in [-0.4, -0.2) is 52.0 Å². The first-order valence-electron chi connectivity index (χ1n) is 6.80. The van der Waals surface area contributed by atoms with Gasteiger partial charge in [-0.05, 0) is 52.5 Å². The lowest BCUT2D eigenvalue weighted by Crippen LogP contribution is -2.26. The lowest BCUT2D eigenvalue weighted by atomic mass is 10.3. The Hall–Kier alpha value is -1.18. The second-order valence-corrected chi connectivity index (χ2v) is 6.52. The van der Waals surface area contributed by atoms with Crippen molar-refractivity contribution in [3.63, 3.8) is 0 Å². The molecule has 0 aliphatic heterocycles. The molecular weight excluding hydrogens is 276 g/mol. The van der Waals surface area contributed by atoms with E-state index in [4.69, 9.17) is 0 Å². The van der Waals surface area contributed by atoms with Gasteiger partial charge in [0, 0.05) is 19.3 Å². The molecule has 0 fully saturated rings. The Labute approximate surface area is 121 Å². The van der Waals surface area contributed by atoms with E-state index in [2.05, 4.69) is 19.9 Å². The van der Waals surface area contributed by atoms with Gasteiger partial charge in [0.2, 0.25) is 10.0 Å². The van der Waals surface area contributed by atoms with Crippen LogP contribution in [0.25, 0.3) is 0 Å². The quantitative estimate of drug-likeness (QED) is 0.669. The molecule has 0 unspecified atom stereocenters. The maximum absolute atomic E-state index is 12.2. The highest BCUT2D eigenvalue weighted by Gasteiger charge is 2.18. The third kappa shape index (κ3) is 5.44. The number of aromatic nitrogens is 1. The normalized spacial score (nSPS) is 11.8. The lowest BCUT2D eigenvalue weighted by Gasteiger charge is -2.12. The smallest absolute Gasteiger partial charge is 0.244 e. The van der Waals surface area contributed by atoms with E-state index in [9.17, 15) is 8.42 Å². The van der Waals surface area contributed by atoms with Crippen LogP contribution in [-0.2, 0) is 10.0 Å².